The second-order valence-corrected chi connectivity index (χ2v) is 5.97. The van der Waals surface area contributed by atoms with Gasteiger partial charge in [0.1, 0.15) is 6.42 Å². The molecule has 0 atom stereocenters. The molecule has 0 aliphatic carbocycles. The van der Waals surface area contributed by atoms with E-state index < -0.39 is 34.6 Å². The van der Waals surface area contributed by atoms with E-state index in [0.29, 0.717) is 10.7 Å². The number of phenols is 1. The molecule has 0 aromatic heterocycles. The van der Waals surface area contributed by atoms with E-state index in [9.17, 15) is 24.8 Å². The summed E-state index contributed by atoms with van der Waals surface area (Å²) in [5.74, 6) is -1.78. The van der Waals surface area contributed by atoms with Crippen molar-refractivity contribution in [1.29, 1.82) is 0 Å². The molecule has 0 aliphatic heterocycles. The number of nitrogens with zero attached hydrogens (tertiary/aromatic N) is 2. The highest BCUT2D eigenvalue weighted by Gasteiger charge is 2.13. The van der Waals surface area contributed by atoms with Gasteiger partial charge in [-0.15, -0.1) is 0 Å². The van der Waals surface area contributed by atoms with Gasteiger partial charge >= 0.3 is 5.69 Å². The molecule has 0 fully saturated rings. The average Bonchev–Trinajstić information content (AvgIpc) is 2.59. The van der Waals surface area contributed by atoms with Crippen molar-refractivity contribution >= 4 is 52.6 Å². The number of nitro groups is 1. The SMILES string of the molecule is O=C(CC(=O)Nc1ccc(Cl)c(Cl)c1)NN=Cc1ccc(O)c([N+](=O)[O-])c1. The van der Waals surface area contributed by atoms with Crippen LogP contribution in [-0.2, 0) is 9.59 Å². The molecule has 0 heterocycles. The molecule has 3 N–H and O–H groups in total. The lowest BCUT2D eigenvalue weighted by Gasteiger charge is -2.05. The van der Waals surface area contributed by atoms with Crippen molar-refractivity contribution < 1.29 is 19.6 Å². The summed E-state index contributed by atoms with van der Waals surface area (Å²) in [6.07, 6.45) is 0.633. The van der Waals surface area contributed by atoms with Crippen LogP contribution in [0.1, 0.15) is 12.0 Å². The van der Waals surface area contributed by atoms with Crippen molar-refractivity contribution in [2.75, 3.05) is 5.32 Å². The molecule has 0 saturated heterocycles. The fraction of sp³-hybridized carbons (Fsp3) is 0.0625. The summed E-state index contributed by atoms with van der Waals surface area (Å²) >= 11 is 11.6. The highest BCUT2D eigenvalue weighted by molar-refractivity contribution is 6.42. The fourth-order valence-corrected chi connectivity index (χ4v) is 2.21. The molecule has 0 unspecified atom stereocenters. The Kier molecular flexibility index (Phi) is 6.69. The van der Waals surface area contributed by atoms with Gasteiger partial charge in [0.25, 0.3) is 0 Å². The summed E-state index contributed by atoms with van der Waals surface area (Å²) < 4.78 is 0. The first-order valence-corrected chi connectivity index (χ1v) is 8.06. The van der Waals surface area contributed by atoms with Crippen LogP contribution >= 0.6 is 23.2 Å². The van der Waals surface area contributed by atoms with Crippen molar-refractivity contribution in [3.63, 3.8) is 0 Å². The minimum Gasteiger partial charge on any atom is -0.502 e. The number of hydrogen-bond acceptors (Lipinski definition) is 6. The Morgan fingerprint density at radius 2 is 1.89 bits per heavy atom. The number of halogens is 2. The van der Waals surface area contributed by atoms with Gasteiger partial charge in [-0.3, -0.25) is 19.7 Å². The summed E-state index contributed by atoms with van der Waals surface area (Å²) in [6.45, 7) is 0. The van der Waals surface area contributed by atoms with Crippen LogP contribution in [0.5, 0.6) is 5.75 Å². The quantitative estimate of drug-likeness (QED) is 0.291. The Bertz CT molecular complexity index is 933. The average molecular weight is 411 g/mol. The maximum Gasteiger partial charge on any atom is 0.311 e. The van der Waals surface area contributed by atoms with Crippen molar-refractivity contribution in [1.82, 2.24) is 5.43 Å². The molecule has 2 amide bonds. The number of amides is 2. The second kappa shape index (κ2) is 8.97. The monoisotopic (exact) mass is 410 g/mol. The summed E-state index contributed by atoms with van der Waals surface area (Å²) in [4.78, 5) is 33.5. The maximum atomic E-state index is 11.8. The smallest absolute Gasteiger partial charge is 0.311 e. The number of nitro benzene ring substituents is 1. The van der Waals surface area contributed by atoms with Crippen LogP contribution in [0.25, 0.3) is 0 Å². The highest BCUT2D eigenvalue weighted by Crippen LogP contribution is 2.26. The van der Waals surface area contributed by atoms with Gasteiger partial charge in [-0.2, -0.15) is 5.10 Å². The third kappa shape index (κ3) is 5.94. The van der Waals surface area contributed by atoms with Crippen molar-refractivity contribution in [2.45, 2.75) is 6.42 Å². The van der Waals surface area contributed by atoms with Crippen LogP contribution in [0, 0.1) is 10.1 Å². The van der Waals surface area contributed by atoms with E-state index in [1.807, 2.05) is 0 Å². The molecule has 0 spiro atoms. The Morgan fingerprint density at radius 1 is 1.15 bits per heavy atom. The van der Waals surface area contributed by atoms with Gasteiger partial charge in [0.15, 0.2) is 5.75 Å². The molecule has 2 aromatic carbocycles. The van der Waals surface area contributed by atoms with Gasteiger partial charge < -0.3 is 10.4 Å². The van der Waals surface area contributed by atoms with Crippen LogP contribution in [0.3, 0.4) is 0 Å². The van der Waals surface area contributed by atoms with Gasteiger partial charge in [0, 0.05) is 17.3 Å². The number of aromatic hydroxyl groups is 1. The third-order valence-corrected chi connectivity index (χ3v) is 3.86. The van der Waals surface area contributed by atoms with E-state index in [2.05, 4.69) is 15.8 Å². The summed E-state index contributed by atoms with van der Waals surface area (Å²) in [7, 11) is 0. The highest BCUT2D eigenvalue weighted by atomic mass is 35.5. The summed E-state index contributed by atoms with van der Waals surface area (Å²) in [5.41, 5.74) is 2.28. The normalized spacial score (nSPS) is 10.6. The predicted molar refractivity (Wildman–Crippen MR) is 100 cm³/mol. The van der Waals surface area contributed by atoms with Crippen LogP contribution in [0.2, 0.25) is 10.0 Å². The zero-order valence-corrected chi connectivity index (χ0v) is 15.0. The number of hydrogen-bond donors (Lipinski definition) is 3. The maximum absolute atomic E-state index is 11.8. The number of phenolic OH excluding ortho intramolecular Hbond substituents is 1. The molecular formula is C16H12Cl2N4O5. The number of carbonyl (C=O) groups is 2. The van der Waals surface area contributed by atoms with E-state index in [4.69, 9.17) is 23.2 Å². The first-order chi connectivity index (χ1) is 12.8. The Hall–Kier alpha value is -3.17. The van der Waals surface area contributed by atoms with Crippen LogP contribution in [0.4, 0.5) is 11.4 Å². The molecule has 140 valence electrons. The molecule has 0 saturated carbocycles. The third-order valence-electron chi connectivity index (χ3n) is 3.12. The largest absolute Gasteiger partial charge is 0.502 e. The Balaban J connectivity index is 1.89. The molecule has 11 heteroatoms. The van der Waals surface area contributed by atoms with Gasteiger partial charge in [-0.25, -0.2) is 5.43 Å². The van der Waals surface area contributed by atoms with E-state index in [1.54, 1.807) is 0 Å². The molecule has 0 radical (unpaired) electrons. The van der Waals surface area contributed by atoms with Crippen molar-refractivity contribution in [2.24, 2.45) is 5.10 Å². The zero-order chi connectivity index (χ0) is 20.0. The molecular weight excluding hydrogens is 399 g/mol. The van der Waals surface area contributed by atoms with E-state index in [0.717, 1.165) is 18.3 Å². The molecule has 2 aromatic rings. The van der Waals surface area contributed by atoms with Gasteiger partial charge in [-0.1, -0.05) is 23.2 Å². The number of carbonyl (C=O) groups excluding carboxylic acids is 2. The van der Waals surface area contributed by atoms with Crippen molar-refractivity contribution in [3.8, 4) is 5.75 Å². The molecule has 9 nitrogen and oxygen atoms in total. The number of benzene rings is 2. The number of hydrazone groups is 1. The van der Waals surface area contributed by atoms with Gasteiger partial charge in [0.05, 0.1) is 21.2 Å². The fourth-order valence-electron chi connectivity index (χ4n) is 1.91. The number of nitrogens with one attached hydrogen (secondary N) is 2. The summed E-state index contributed by atoms with van der Waals surface area (Å²) in [6, 6.07) is 8.05. The molecule has 0 aliphatic rings. The lowest BCUT2D eigenvalue weighted by Crippen LogP contribution is -2.24. The van der Waals surface area contributed by atoms with Crippen LogP contribution in [0.15, 0.2) is 41.5 Å². The van der Waals surface area contributed by atoms with E-state index >= 15 is 0 Å². The van der Waals surface area contributed by atoms with E-state index in [1.165, 1.54) is 24.3 Å². The van der Waals surface area contributed by atoms with Crippen LogP contribution in [-0.4, -0.2) is 28.1 Å². The number of anilines is 1. The second-order valence-electron chi connectivity index (χ2n) is 5.15. The first-order valence-electron chi connectivity index (χ1n) is 7.30. The van der Waals surface area contributed by atoms with Crippen molar-refractivity contribution in [3.05, 3.63) is 62.1 Å². The minimum absolute atomic E-state index is 0.256. The Labute approximate surface area is 162 Å². The van der Waals surface area contributed by atoms with E-state index in [-0.39, 0.29) is 10.6 Å². The topological polar surface area (TPSA) is 134 Å². The minimum atomic E-state index is -0.751. The lowest BCUT2D eigenvalue weighted by atomic mass is 10.2. The predicted octanol–water partition coefficient (Wildman–Crippen LogP) is 3.09. The van der Waals surface area contributed by atoms with Gasteiger partial charge in [0.2, 0.25) is 11.8 Å². The molecule has 27 heavy (non-hydrogen) atoms. The number of rotatable bonds is 6. The van der Waals surface area contributed by atoms with Gasteiger partial charge in [-0.05, 0) is 30.3 Å². The Morgan fingerprint density at radius 3 is 2.56 bits per heavy atom. The summed E-state index contributed by atoms with van der Waals surface area (Å²) in [5, 5.41) is 26.8. The molecule has 2 rings (SSSR count). The zero-order valence-electron chi connectivity index (χ0n) is 13.5. The first kappa shape index (κ1) is 20.1. The van der Waals surface area contributed by atoms with Crippen LogP contribution < -0.4 is 10.7 Å². The molecule has 0 bridgehead atoms. The standard InChI is InChI=1S/C16H12Cl2N4O5/c17-11-3-2-10(6-12(11)18)20-15(24)7-16(25)21-19-8-9-1-4-14(23)13(5-9)22(26)27/h1-6,8,23H,7H2,(H,20,24)(H,21,25). The lowest BCUT2D eigenvalue weighted by molar-refractivity contribution is -0.385.